The van der Waals surface area contributed by atoms with Crippen molar-refractivity contribution in [3.05, 3.63) is 23.2 Å². The van der Waals surface area contributed by atoms with Gasteiger partial charge in [0.2, 0.25) is 5.91 Å². The molecule has 0 aliphatic carbocycles. The third-order valence-corrected chi connectivity index (χ3v) is 3.73. The number of benzene rings is 1. The molecule has 0 spiro atoms. The van der Waals surface area contributed by atoms with E-state index in [9.17, 15) is 4.79 Å². The predicted octanol–water partition coefficient (Wildman–Crippen LogP) is 1.34. The molecule has 0 aliphatic heterocycles. The van der Waals surface area contributed by atoms with E-state index in [1.165, 1.54) is 11.8 Å². The van der Waals surface area contributed by atoms with Gasteiger partial charge in [-0.3, -0.25) is 4.79 Å². The van der Waals surface area contributed by atoms with E-state index >= 15 is 0 Å². The average molecular weight is 305 g/mol. The van der Waals surface area contributed by atoms with Gasteiger partial charge in [-0.1, -0.05) is 11.6 Å². The maximum Gasteiger partial charge on any atom is 0.225 e. The Labute approximate surface area is 121 Å². The van der Waals surface area contributed by atoms with Crippen molar-refractivity contribution >= 4 is 40.6 Å². The Hall–Kier alpha value is -0.950. The largest absolute Gasteiger partial charge is 0.397 e. The summed E-state index contributed by atoms with van der Waals surface area (Å²) in [5.74, 6) is 0.858. The fourth-order valence-corrected chi connectivity index (χ4v) is 2.27. The van der Waals surface area contributed by atoms with Gasteiger partial charge in [-0.15, -0.1) is 0 Å². The van der Waals surface area contributed by atoms with Gasteiger partial charge >= 0.3 is 0 Å². The molecule has 106 valence electrons. The summed E-state index contributed by atoms with van der Waals surface area (Å²) >= 11 is 7.19. The van der Waals surface area contributed by atoms with E-state index in [1.807, 2.05) is 0 Å². The zero-order valence-corrected chi connectivity index (χ0v) is 11.9. The minimum atomic E-state index is -0.732. The van der Waals surface area contributed by atoms with Gasteiger partial charge in [-0.05, 0) is 18.2 Å². The molecule has 0 saturated heterocycles. The van der Waals surface area contributed by atoms with Crippen LogP contribution in [0.25, 0.3) is 0 Å². The molecular weight excluding hydrogens is 288 g/mol. The molecule has 1 aromatic carbocycles. The van der Waals surface area contributed by atoms with Crippen LogP contribution in [0.5, 0.6) is 0 Å². The summed E-state index contributed by atoms with van der Waals surface area (Å²) in [4.78, 5) is 11.6. The molecule has 0 radical (unpaired) electrons. The lowest BCUT2D eigenvalue weighted by Gasteiger charge is -2.08. The van der Waals surface area contributed by atoms with E-state index in [-0.39, 0.29) is 12.5 Å². The van der Waals surface area contributed by atoms with E-state index < -0.39 is 6.10 Å². The number of nitrogens with one attached hydrogen (secondary N) is 1. The molecule has 0 aliphatic rings. The van der Waals surface area contributed by atoms with Gasteiger partial charge in [0, 0.05) is 23.6 Å². The first kappa shape index (κ1) is 16.1. The lowest BCUT2D eigenvalue weighted by molar-refractivity contribution is -0.115. The number of aliphatic hydroxyl groups excluding tert-OH is 2. The fourth-order valence-electron chi connectivity index (χ4n) is 1.28. The second-order valence-corrected chi connectivity index (χ2v) is 5.50. The molecule has 1 rings (SSSR count). The minimum Gasteiger partial charge on any atom is -0.397 e. The molecule has 0 saturated carbocycles. The van der Waals surface area contributed by atoms with E-state index in [4.69, 9.17) is 27.5 Å². The molecule has 1 aromatic rings. The van der Waals surface area contributed by atoms with E-state index in [0.29, 0.717) is 34.3 Å². The Morgan fingerprint density at radius 3 is 2.89 bits per heavy atom. The van der Waals surface area contributed by atoms with Gasteiger partial charge in [0.1, 0.15) is 0 Å². The van der Waals surface area contributed by atoms with Crippen LogP contribution in [0.15, 0.2) is 18.2 Å². The van der Waals surface area contributed by atoms with Gasteiger partial charge in [-0.2, -0.15) is 11.8 Å². The zero-order valence-electron chi connectivity index (χ0n) is 10.3. The van der Waals surface area contributed by atoms with Gasteiger partial charge in [0.15, 0.2) is 0 Å². The molecule has 5 N–H and O–H groups in total. The van der Waals surface area contributed by atoms with Gasteiger partial charge in [0.25, 0.3) is 0 Å². The maximum absolute atomic E-state index is 11.6. The Morgan fingerprint density at radius 1 is 1.53 bits per heavy atom. The highest BCUT2D eigenvalue weighted by Crippen LogP contribution is 2.22. The second-order valence-electron chi connectivity index (χ2n) is 3.95. The summed E-state index contributed by atoms with van der Waals surface area (Å²) in [6.07, 6.45) is -0.408. The highest BCUT2D eigenvalue weighted by molar-refractivity contribution is 7.99. The van der Waals surface area contributed by atoms with Crippen LogP contribution in [0.3, 0.4) is 0 Å². The van der Waals surface area contributed by atoms with Crippen molar-refractivity contribution in [2.24, 2.45) is 0 Å². The number of aliphatic hydroxyl groups is 2. The van der Waals surface area contributed by atoms with Gasteiger partial charge in [0.05, 0.1) is 23.4 Å². The topological polar surface area (TPSA) is 95.6 Å². The van der Waals surface area contributed by atoms with Crippen molar-refractivity contribution in [2.45, 2.75) is 12.5 Å². The van der Waals surface area contributed by atoms with Crippen LogP contribution in [0.2, 0.25) is 5.02 Å². The number of rotatable bonds is 7. The summed E-state index contributed by atoms with van der Waals surface area (Å²) in [5.41, 5.74) is 6.65. The molecule has 0 aromatic heterocycles. The first-order valence-corrected chi connectivity index (χ1v) is 7.27. The third kappa shape index (κ3) is 6.15. The fraction of sp³-hybridized carbons (Fsp3) is 0.417. The first-order chi connectivity index (χ1) is 9.02. The molecule has 0 bridgehead atoms. The first-order valence-electron chi connectivity index (χ1n) is 5.74. The van der Waals surface area contributed by atoms with Crippen molar-refractivity contribution in [1.82, 2.24) is 0 Å². The predicted molar refractivity (Wildman–Crippen MR) is 79.5 cm³/mol. The summed E-state index contributed by atoms with van der Waals surface area (Å²) in [6, 6.07) is 4.90. The summed E-state index contributed by atoms with van der Waals surface area (Å²) in [5, 5.41) is 20.9. The second kappa shape index (κ2) is 8.27. The normalized spacial score (nSPS) is 12.2. The van der Waals surface area contributed by atoms with E-state index in [0.717, 1.165) is 0 Å². The lowest BCUT2D eigenvalue weighted by atomic mass is 10.2. The Bertz CT molecular complexity index is 431. The van der Waals surface area contributed by atoms with Crippen molar-refractivity contribution < 1.29 is 15.0 Å². The number of hydrogen-bond donors (Lipinski definition) is 4. The zero-order chi connectivity index (χ0) is 14.3. The minimum absolute atomic E-state index is 0.132. The highest BCUT2D eigenvalue weighted by Gasteiger charge is 2.06. The summed E-state index contributed by atoms with van der Waals surface area (Å²) in [6.45, 7) is -0.261. The smallest absolute Gasteiger partial charge is 0.225 e. The number of nitrogens with two attached hydrogens (primary N) is 1. The van der Waals surface area contributed by atoms with Crippen LogP contribution in [0, 0.1) is 0 Å². The number of hydrogen-bond acceptors (Lipinski definition) is 5. The standard InChI is InChI=1S/C12H17ClN2O3S/c13-10-2-1-8(5-11(10)14)15-12(18)3-4-19-7-9(17)6-16/h1-2,5,9,16-17H,3-4,6-7,14H2,(H,15,18). The number of halogens is 1. The lowest BCUT2D eigenvalue weighted by Crippen LogP contribution is -2.16. The number of anilines is 2. The molecule has 1 amide bonds. The summed E-state index contributed by atoms with van der Waals surface area (Å²) in [7, 11) is 0. The van der Waals surface area contributed by atoms with E-state index in [1.54, 1.807) is 18.2 Å². The number of thioether (sulfide) groups is 1. The van der Waals surface area contributed by atoms with Crippen molar-refractivity contribution in [1.29, 1.82) is 0 Å². The Balaban J connectivity index is 2.29. The van der Waals surface area contributed by atoms with Crippen molar-refractivity contribution in [2.75, 3.05) is 29.2 Å². The van der Waals surface area contributed by atoms with Crippen LogP contribution in [0.1, 0.15) is 6.42 Å². The molecule has 5 nitrogen and oxygen atoms in total. The number of carbonyl (C=O) groups excluding carboxylic acids is 1. The summed E-state index contributed by atoms with van der Waals surface area (Å²) < 4.78 is 0. The number of amides is 1. The molecule has 1 unspecified atom stereocenters. The van der Waals surface area contributed by atoms with Crippen molar-refractivity contribution in [3.63, 3.8) is 0 Å². The van der Waals surface area contributed by atoms with Crippen LogP contribution < -0.4 is 11.1 Å². The number of nitrogen functional groups attached to an aromatic ring is 1. The molecule has 0 heterocycles. The Kier molecular flexibility index (Phi) is 7.01. The van der Waals surface area contributed by atoms with Gasteiger partial charge in [-0.25, -0.2) is 0 Å². The molecule has 0 fully saturated rings. The average Bonchev–Trinajstić information content (AvgIpc) is 2.38. The van der Waals surface area contributed by atoms with Crippen LogP contribution >= 0.6 is 23.4 Å². The van der Waals surface area contributed by atoms with Crippen molar-refractivity contribution in [3.8, 4) is 0 Å². The monoisotopic (exact) mass is 304 g/mol. The highest BCUT2D eigenvalue weighted by atomic mass is 35.5. The van der Waals surface area contributed by atoms with E-state index in [2.05, 4.69) is 5.32 Å². The van der Waals surface area contributed by atoms with Crippen LogP contribution in [-0.2, 0) is 4.79 Å². The van der Waals surface area contributed by atoms with Gasteiger partial charge < -0.3 is 21.3 Å². The third-order valence-electron chi connectivity index (χ3n) is 2.27. The molecular formula is C12H17ClN2O3S. The molecule has 1 atom stereocenters. The number of carbonyl (C=O) groups is 1. The quantitative estimate of drug-likeness (QED) is 0.450. The van der Waals surface area contributed by atoms with Crippen LogP contribution in [-0.4, -0.2) is 40.3 Å². The maximum atomic E-state index is 11.6. The molecule has 7 heteroatoms. The van der Waals surface area contributed by atoms with Crippen LogP contribution in [0.4, 0.5) is 11.4 Å². The SMILES string of the molecule is Nc1cc(NC(=O)CCSCC(O)CO)ccc1Cl. The molecule has 19 heavy (non-hydrogen) atoms. The Morgan fingerprint density at radius 2 is 2.26 bits per heavy atom.